The molecule has 0 N–H and O–H groups in total. The lowest BCUT2D eigenvalue weighted by Gasteiger charge is -2.07. The molecule has 8 nitrogen and oxygen atoms in total. The second-order valence-electron chi connectivity index (χ2n) is 7.34. The summed E-state index contributed by atoms with van der Waals surface area (Å²) in [4.78, 5) is 19.4. The molecule has 154 valence electrons. The van der Waals surface area contributed by atoms with Gasteiger partial charge in [-0.25, -0.2) is 19.5 Å². The fourth-order valence-electron chi connectivity index (χ4n) is 3.63. The summed E-state index contributed by atoms with van der Waals surface area (Å²) in [6.07, 6.45) is 3.34. The fourth-order valence-corrected chi connectivity index (χ4v) is 3.63. The van der Waals surface area contributed by atoms with Gasteiger partial charge in [0.05, 0.1) is 11.6 Å². The average Bonchev–Trinajstić information content (AvgIpc) is 3.30. The predicted octanol–water partition coefficient (Wildman–Crippen LogP) is 3.94. The molecule has 0 amide bonds. The molecule has 0 fully saturated rings. The standard InChI is InChI=1S/C23H21N7O/c1-15-8-7-11-20(26-15)30-17(3)16(2)21-22(30)24-14-29-23(21)27-19(28-29)13-31-25-12-18-9-5-4-6-10-18/h4-12,14H,13H2,1-3H3. The van der Waals surface area contributed by atoms with Gasteiger partial charge in [0.1, 0.15) is 12.1 Å². The van der Waals surface area contributed by atoms with Gasteiger partial charge in [0.15, 0.2) is 23.7 Å². The molecule has 0 atom stereocenters. The number of hydrogen-bond acceptors (Lipinski definition) is 6. The summed E-state index contributed by atoms with van der Waals surface area (Å²) >= 11 is 0. The zero-order chi connectivity index (χ0) is 21.4. The van der Waals surface area contributed by atoms with Gasteiger partial charge in [0, 0.05) is 11.4 Å². The predicted molar refractivity (Wildman–Crippen MR) is 118 cm³/mol. The summed E-state index contributed by atoms with van der Waals surface area (Å²) in [5.74, 6) is 1.38. The monoisotopic (exact) mass is 411 g/mol. The molecule has 0 spiro atoms. The first-order chi connectivity index (χ1) is 15.1. The number of nitrogens with zero attached hydrogens (tertiary/aromatic N) is 7. The van der Waals surface area contributed by atoms with Crippen molar-refractivity contribution >= 4 is 22.9 Å². The van der Waals surface area contributed by atoms with E-state index in [0.717, 1.165) is 45.0 Å². The van der Waals surface area contributed by atoms with E-state index in [1.54, 1.807) is 17.1 Å². The summed E-state index contributed by atoms with van der Waals surface area (Å²) in [6, 6.07) is 15.7. The number of hydrogen-bond donors (Lipinski definition) is 0. The zero-order valence-electron chi connectivity index (χ0n) is 17.5. The minimum Gasteiger partial charge on any atom is -0.387 e. The molecule has 31 heavy (non-hydrogen) atoms. The average molecular weight is 411 g/mol. The van der Waals surface area contributed by atoms with E-state index in [4.69, 9.17) is 9.82 Å². The van der Waals surface area contributed by atoms with Crippen molar-refractivity contribution < 1.29 is 4.84 Å². The highest BCUT2D eigenvalue weighted by Crippen LogP contribution is 2.29. The maximum absolute atomic E-state index is 5.40. The number of benzene rings is 1. The molecular weight excluding hydrogens is 390 g/mol. The van der Waals surface area contributed by atoms with E-state index in [1.165, 1.54) is 0 Å². The third-order valence-electron chi connectivity index (χ3n) is 5.25. The summed E-state index contributed by atoms with van der Waals surface area (Å²) in [5.41, 5.74) is 5.63. The van der Waals surface area contributed by atoms with Crippen molar-refractivity contribution in [2.45, 2.75) is 27.4 Å². The number of rotatable bonds is 5. The van der Waals surface area contributed by atoms with Gasteiger partial charge in [-0.05, 0) is 44.0 Å². The van der Waals surface area contributed by atoms with Gasteiger partial charge < -0.3 is 4.84 Å². The van der Waals surface area contributed by atoms with Crippen molar-refractivity contribution in [3.05, 3.63) is 83.2 Å². The number of aromatic nitrogens is 6. The van der Waals surface area contributed by atoms with Crippen LogP contribution in [0, 0.1) is 20.8 Å². The van der Waals surface area contributed by atoms with Crippen molar-refractivity contribution in [2.75, 3.05) is 0 Å². The Balaban J connectivity index is 1.50. The third kappa shape index (κ3) is 3.42. The van der Waals surface area contributed by atoms with Crippen LogP contribution < -0.4 is 0 Å². The first-order valence-electron chi connectivity index (χ1n) is 9.98. The lowest BCUT2D eigenvalue weighted by atomic mass is 10.2. The molecule has 0 radical (unpaired) electrons. The van der Waals surface area contributed by atoms with Crippen LogP contribution in [0.5, 0.6) is 0 Å². The number of aryl methyl sites for hydroxylation is 2. The van der Waals surface area contributed by atoms with E-state index in [0.29, 0.717) is 5.82 Å². The molecule has 0 saturated carbocycles. The highest BCUT2D eigenvalue weighted by Gasteiger charge is 2.19. The minimum absolute atomic E-state index is 0.171. The van der Waals surface area contributed by atoms with Crippen LogP contribution in [0.25, 0.3) is 22.5 Å². The Morgan fingerprint density at radius 2 is 1.81 bits per heavy atom. The SMILES string of the molecule is Cc1cccc(-n2c(C)c(C)c3c2ncn2nc(CON=Cc4ccccc4)nc32)n1. The Morgan fingerprint density at radius 1 is 0.968 bits per heavy atom. The molecule has 0 aliphatic rings. The van der Waals surface area contributed by atoms with Gasteiger partial charge >= 0.3 is 0 Å². The maximum Gasteiger partial charge on any atom is 0.192 e. The molecule has 0 unspecified atom stereocenters. The van der Waals surface area contributed by atoms with Gasteiger partial charge in [-0.1, -0.05) is 41.6 Å². The van der Waals surface area contributed by atoms with Gasteiger partial charge in [0.2, 0.25) is 0 Å². The Morgan fingerprint density at radius 3 is 2.61 bits per heavy atom. The van der Waals surface area contributed by atoms with E-state index in [9.17, 15) is 0 Å². The Bertz CT molecular complexity index is 1420. The molecule has 8 heteroatoms. The Hall–Kier alpha value is -4.07. The van der Waals surface area contributed by atoms with Gasteiger partial charge in [-0.2, -0.15) is 0 Å². The van der Waals surface area contributed by atoms with Crippen LogP contribution in [0.4, 0.5) is 0 Å². The van der Waals surface area contributed by atoms with Crippen molar-refractivity contribution in [1.29, 1.82) is 0 Å². The first kappa shape index (κ1) is 18.9. The molecule has 4 heterocycles. The van der Waals surface area contributed by atoms with Gasteiger partial charge in [-0.15, -0.1) is 5.10 Å². The minimum atomic E-state index is 0.171. The molecule has 4 aromatic heterocycles. The van der Waals surface area contributed by atoms with Crippen LogP contribution in [0.1, 0.15) is 28.3 Å². The highest BCUT2D eigenvalue weighted by molar-refractivity contribution is 5.94. The summed E-state index contributed by atoms with van der Waals surface area (Å²) in [7, 11) is 0. The van der Waals surface area contributed by atoms with Crippen LogP contribution >= 0.6 is 0 Å². The van der Waals surface area contributed by atoms with E-state index in [1.807, 2.05) is 55.5 Å². The van der Waals surface area contributed by atoms with Crippen LogP contribution in [-0.4, -0.2) is 35.3 Å². The first-order valence-corrected chi connectivity index (χ1v) is 9.98. The summed E-state index contributed by atoms with van der Waals surface area (Å²) in [6.45, 7) is 6.29. The lowest BCUT2D eigenvalue weighted by Crippen LogP contribution is -2.02. The van der Waals surface area contributed by atoms with Crippen LogP contribution in [-0.2, 0) is 11.4 Å². The Labute approximate surface area is 178 Å². The van der Waals surface area contributed by atoms with E-state index in [-0.39, 0.29) is 6.61 Å². The van der Waals surface area contributed by atoms with E-state index >= 15 is 0 Å². The molecule has 5 aromatic rings. The van der Waals surface area contributed by atoms with Gasteiger partial charge in [0.25, 0.3) is 0 Å². The quantitative estimate of drug-likeness (QED) is 0.323. The van der Waals surface area contributed by atoms with Crippen molar-refractivity contribution in [2.24, 2.45) is 5.16 Å². The second-order valence-corrected chi connectivity index (χ2v) is 7.34. The molecule has 0 saturated heterocycles. The van der Waals surface area contributed by atoms with Crippen molar-refractivity contribution in [1.82, 2.24) is 29.1 Å². The lowest BCUT2D eigenvalue weighted by molar-refractivity contribution is 0.126. The molecule has 0 aliphatic carbocycles. The molecule has 1 aromatic carbocycles. The van der Waals surface area contributed by atoms with E-state index in [2.05, 4.69) is 38.6 Å². The smallest absolute Gasteiger partial charge is 0.192 e. The van der Waals surface area contributed by atoms with Crippen LogP contribution in [0.3, 0.4) is 0 Å². The molecule has 5 rings (SSSR count). The summed E-state index contributed by atoms with van der Waals surface area (Å²) < 4.78 is 3.75. The fraction of sp³-hybridized carbons (Fsp3) is 0.174. The zero-order valence-corrected chi connectivity index (χ0v) is 17.5. The second kappa shape index (κ2) is 7.64. The number of oxime groups is 1. The molecule has 0 aliphatic heterocycles. The highest BCUT2D eigenvalue weighted by atomic mass is 16.6. The maximum atomic E-state index is 5.40. The third-order valence-corrected chi connectivity index (χ3v) is 5.25. The van der Waals surface area contributed by atoms with Crippen molar-refractivity contribution in [3.8, 4) is 5.82 Å². The number of fused-ring (bicyclic) bond motifs is 3. The van der Waals surface area contributed by atoms with Gasteiger partial charge in [-0.3, -0.25) is 4.57 Å². The van der Waals surface area contributed by atoms with Crippen molar-refractivity contribution in [3.63, 3.8) is 0 Å². The van der Waals surface area contributed by atoms with Crippen LogP contribution in [0.2, 0.25) is 0 Å². The molecular formula is C23H21N7O. The Kier molecular flexibility index (Phi) is 4.66. The largest absolute Gasteiger partial charge is 0.387 e. The van der Waals surface area contributed by atoms with Crippen LogP contribution in [0.15, 0.2) is 60.0 Å². The number of pyridine rings is 1. The normalized spacial score (nSPS) is 11.7. The van der Waals surface area contributed by atoms with E-state index < -0.39 is 0 Å². The molecule has 0 bridgehead atoms. The summed E-state index contributed by atoms with van der Waals surface area (Å²) in [5, 5.41) is 9.46. The topological polar surface area (TPSA) is 82.5 Å².